The minimum atomic E-state index is -0.408. The van der Waals surface area contributed by atoms with Crippen LogP contribution in [0.15, 0.2) is 12.1 Å². The van der Waals surface area contributed by atoms with E-state index < -0.39 is 5.82 Å². The van der Waals surface area contributed by atoms with Gasteiger partial charge in [0, 0.05) is 18.2 Å². The van der Waals surface area contributed by atoms with Gasteiger partial charge >= 0.3 is 0 Å². The normalized spacial score (nSPS) is 24.8. The van der Waals surface area contributed by atoms with Crippen molar-refractivity contribution in [2.75, 3.05) is 5.32 Å². The van der Waals surface area contributed by atoms with E-state index in [2.05, 4.69) is 5.32 Å². The lowest BCUT2D eigenvalue weighted by Crippen LogP contribution is -2.44. The van der Waals surface area contributed by atoms with Gasteiger partial charge in [0.2, 0.25) is 0 Å². The summed E-state index contributed by atoms with van der Waals surface area (Å²) in [4.78, 5) is 0. The van der Waals surface area contributed by atoms with Crippen LogP contribution in [-0.4, -0.2) is 12.1 Å². The highest BCUT2D eigenvalue weighted by molar-refractivity contribution is 5.48. The Morgan fingerprint density at radius 1 is 1.27 bits per heavy atom. The number of rotatable bonds is 2. The highest BCUT2D eigenvalue weighted by atomic mass is 19.1. The third kappa shape index (κ3) is 2.09. The van der Waals surface area contributed by atoms with Crippen molar-refractivity contribution >= 4 is 5.69 Å². The van der Waals surface area contributed by atoms with E-state index in [-0.39, 0.29) is 23.6 Å². The number of anilines is 1. The van der Waals surface area contributed by atoms with E-state index >= 15 is 0 Å². The minimum Gasteiger partial charge on any atom is -0.380 e. The maximum absolute atomic E-state index is 13.4. The molecule has 2 nitrogen and oxygen atoms in total. The SMILES string of the molecule is Cc1cc(F)c(NC2CC(N)C2)cc1F. The molecule has 0 spiro atoms. The quantitative estimate of drug-likeness (QED) is 0.788. The Bertz CT molecular complexity index is 373. The monoisotopic (exact) mass is 212 g/mol. The van der Waals surface area contributed by atoms with Gasteiger partial charge in [-0.2, -0.15) is 0 Å². The zero-order valence-corrected chi connectivity index (χ0v) is 8.56. The van der Waals surface area contributed by atoms with E-state index in [0.29, 0.717) is 5.56 Å². The van der Waals surface area contributed by atoms with Crippen LogP contribution in [0.5, 0.6) is 0 Å². The molecule has 0 atom stereocenters. The molecule has 0 amide bonds. The molecule has 0 aliphatic heterocycles. The Morgan fingerprint density at radius 2 is 1.93 bits per heavy atom. The molecule has 4 heteroatoms. The van der Waals surface area contributed by atoms with Gasteiger partial charge in [0.15, 0.2) is 0 Å². The van der Waals surface area contributed by atoms with Gasteiger partial charge in [-0.25, -0.2) is 8.78 Å². The fourth-order valence-corrected chi connectivity index (χ4v) is 1.76. The Balaban J connectivity index is 2.11. The number of aryl methyl sites for hydroxylation is 1. The molecule has 82 valence electrons. The lowest BCUT2D eigenvalue weighted by molar-refractivity contribution is 0.372. The number of hydrogen-bond donors (Lipinski definition) is 2. The Hall–Kier alpha value is -1.16. The van der Waals surface area contributed by atoms with Gasteiger partial charge in [-0.15, -0.1) is 0 Å². The molecule has 0 radical (unpaired) electrons. The van der Waals surface area contributed by atoms with Crippen molar-refractivity contribution in [2.24, 2.45) is 5.73 Å². The van der Waals surface area contributed by atoms with Gasteiger partial charge in [0.1, 0.15) is 11.6 Å². The number of benzene rings is 1. The second kappa shape index (κ2) is 3.77. The van der Waals surface area contributed by atoms with E-state index in [1.165, 1.54) is 12.1 Å². The predicted molar refractivity (Wildman–Crippen MR) is 55.7 cm³/mol. The number of nitrogens with two attached hydrogens (primary N) is 1. The second-order valence-electron chi connectivity index (χ2n) is 4.15. The van der Waals surface area contributed by atoms with Crippen LogP contribution in [0.25, 0.3) is 0 Å². The van der Waals surface area contributed by atoms with Gasteiger partial charge in [0.05, 0.1) is 5.69 Å². The van der Waals surface area contributed by atoms with Gasteiger partial charge in [-0.05, 0) is 31.4 Å². The van der Waals surface area contributed by atoms with Gasteiger partial charge in [-0.3, -0.25) is 0 Å². The molecule has 0 unspecified atom stereocenters. The topological polar surface area (TPSA) is 38.0 Å². The number of hydrogen-bond acceptors (Lipinski definition) is 2. The molecular weight excluding hydrogens is 198 g/mol. The molecule has 3 N–H and O–H groups in total. The Morgan fingerprint density at radius 3 is 2.53 bits per heavy atom. The summed E-state index contributed by atoms with van der Waals surface area (Å²) in [6, 6.07) is 2.78. The fraction of sp³-hybridized carbons (Fsp3) is 0.455. The third-order valence-electron chi connectivity index (χ3n) is 2.78. The average Bonchev–Trinajstić information content (AvgIpc) is 2.11. The minimum absolute atomic E-state index is 0.177. The first-order chi connectivity index (χ1) is 7.06. The molecule has 1 aliphatic rings. The highest BCUT2D eigenvalue weighted by Crippen LogP contribution is 2.25. The van der Waals surface area contributed by atoms with Gasteiger partial charge in [-0.1, -0.05) is 0 Å². The molecule has 1 saturated carbocycles. The van der Waals surface area contributed by atoms with Crippen molar-refractivity contribution in [2.45, 2.75) is 31.8 Å². The highest BCUT2D eigenvalue weighted by Gasteiger charge is 2.26. The van der Waals surface area contributed by atoms with Crippen molar-refractivity contribution in [1.82, 2.24) is 0 Å². The van der Waals surface area contributed by atoms with Crippen LogP contribution in [0.4, 0.5) is 14.5 Å². The molecule has 0 aromatic heterocycles. The molecule has 15 heavy (non-hydrogen) atoms. The van der Waals surface area contributed by atoms with Crippen molar-refractivity contribution in [3.63, 3.8) is 0 Å². The molecule has 1 fully saturated rings. The van der Waals surface area contributed by atoms with Crippen LogP contribution in [0, 0.1) is 18.6 Å². The van der Waals surface area contributed by atoms with E-state index in [0.717, 1.165) is 12.8 Å². The summed E-state index contributed by atoms with van der Waals surface area (Å²) in [5.74, 6) is -0.795. The molecular formula is C11H14F2N2. The zero-order chi connectivity index (χ0) is 11.0. The molecule has 1 aromatic carbocycles. The number of nitrogens with one attached hydrogen (secondary N) is 1. The molecule has 1 aromatic rings. The van der Waals surface area contributed by atoms with Gasteiger partial charge in [0.25, 0.3) is 0 Å². The maximum Gasteiger partial charge on any atom is 0.146 e. The fourth-order valence-electron chi connectivity index (χ4n) is 1.76. The predicted octanol–water partition coefficient (Wildman–Crippen LogP) is 2.17. The van der Waals surface area contributed by atoms with Crippen molar-refractivity contribution in [3.8, 4) is 0 Å². The van der Waals surface area contributed by atoms with Crippen LogP contribution < -0.4 is 11.1 Å². The van der Waals surface area contributed by atoms with Crippen molar-refractivity contribution in [1.29, 1.82) is 0 Å². The summed E-state index contributed by atoms with van der Waals surface area (Å²) in [6.07, 6.45) is 1.63. The number of halogens is 2. The maximum atomic E-state index is 13.4. The molecule has 0 heterocycles. The molecule has 0 saturated heterocycles. The van der Waals surface area contributed by atoms with Crippen LogP contribution in [0.1, 0.15) is 18.4 Å². The largest absolute Gasteiger partial charge is 0.380 e. The van der Waals surface area contributed by atoms with E-state index in [4.69, 9.17) is 5.73 Å². The second-order valence-corrected chi connectivity index (χ2v) is 4.15. The van der Waals surface area contributed by atoms with Crippen LogP contribution in [-0.2, 0) is 0 Å². The standard InChI is InChI=1S/C11H14F2N2/c1-6-2-10(13)11(5-9(6)12)15-8-3-7(14)4-8/h2,5,7-8,15H,3-4,14H2,1H3. The lowest BCUT2D eigenvalue weighted by Gasteiger charge is -2.33. The molecule has 1 aliphatic carbocycles. The third-order valence-corrected chi connectivity index (χ3v) is 2.78. The van der Waals surface area contributed by atoms with Crippen LogP contribution >= 0.6 is 0 Å². The van der Waals surface area contributed by atoms with Crippen molar-refractivity contribution in [3.05, 3.63) is 29.3 Å². The van der Waals surface area contributed by atoms with Crippen LogP contribution in [0.3, 0.4) is 0 Å². The van der Waals surface area contributed by atoms with Gasteiger partial charge < -0.3 is 11.1 Å². The summed E-state index contributed by atoms with van der Waals surface area (Å²) in [6.45, 7) is 1.54. The molecule has 2 rings (SSSR count). The average molecular weight is 212 g/mol. The molecule has 0 bridgehead atoms. The van der Waals surface area contributed by atoms with E-state index in [9.17, 15) is 8.78 Å². The summed E-state index contributed by atoms with van der Waals surface area (Å²) in [5.41, 5.74) is 6.16. The summed E-state index contributed by atoms with van der Waals surface area (Å²) >= 11 is 0. The van der Waals surface area contributed by atoms with E-state index in [1.807, 2.05) is 0 Å². The van der Waals surface area contributed by atoms with Crippen LogP contribution in [0.2, 0.25) is 0 Å². The first-order valence-corrected chi connectivity index (χ1v) is 5.04. The lowest BCUT2D eigenvalue weighted by atomic mass is 9.87. The summed E-state index contributed by atoms with van der Waals surface area (Å²) < 4.78 is 26.6. The first-order valence-electron chi connectivity index (χ1n) is 5.04. The Kier molecular flexibility index (Phi) is 2.61. The first kappa shape index (κ1) is 10.4. The summed E-state index contributed by atoms with van der Waals surface area (Å²) in [7, 11) is 0. The smallest absolute Gasteiger partial charge is 0.146 e. The van der Waals surface area contributed by atoms with Crippen molar-refractivity contribution < 1.29 is 8.78 Å². The zero-order valence-electron chi connectivity index (χ0n) is 8.56. The Labute approximate surface area is 87.5 Å². The van der Waals surface area contributed by atoms with E-state index in [1.54, 1.807) is 6.92 Å². The summed E-state index contributed by atoms with van der Waals surface area (Å²) in [5, 5.41) is 2.95.